The van der Waals surface area contributed by atoms with E-state index in [0.717, 1.165) is 57.8 Å². The molecule has 1 saturated carbocycles. The first-order valence-electron chi connectivity index (χ1n) is 9.37. The van der Waals surface area contributed by atoms with Gasteiger partial charge in [0, 0.05) is 6.04 Å². The van der Waals surface area contributed by atoms with Crippen molar-refractivity contribution in [2.45, 2.75) is 104 Å². The highest BCUT2D eigenvalue weighted by atomic mass is 16.3. The molecule has 3 atom stereocenters. The summed E-state index contributed by atoms with van der Waals surface area (Å²) in [4.78, 5) is 0. The van der Waals surface area contributed by atoms with E-state index >= 15 is 0 Å². The molecule has 0 heterocycles. The Morgan fingerprint density at radius 1 is 1.05 bits per heavy atom. The molecule has 1 rings (SSSR count). The summed E-state index contributed by atoms with van der Waals surface area (Å²) in [5.74, 6) is 0.828. The van der Waals surface area contributed by atoms with Crippen molar-refractivity contribution in [3.8, 4) is 0 Å². The number of rotatable bonds is 9. The zero-order chi connectivity index (χ0) is 16.8. The number of aliphatic hydroxyl groups excluding tert-OH is 2. The lowest BCUT2D eigenvalue weighted by molar-refractivity contribution is 0.0549. The largest absolute Gasteiger partial charge is 0.393 e. The van der Waals surface area contributed by atoms with E-state index in [1.54, 1.807) is 0 Å². The van der Waals surface area contributed by atoms with Gasteiger partial charge in [-0.3, -0.25) is 0 Å². The number of hydrogen-bond donors (Lipinski definition) is 3. The van der Waals surface area contributed by atoms with Gasteiger partial charge in [-0.2, -0.15) is 0 Å². The second kappa shape index (κ2) is 9.24. The van der Waals surface area contributed by atoms with Crippen LogP contribution in [0.5, 0.6) is 0 Å². The SMILES string of the molecule is CC[C@@H](C)[C@H](O)CCC(C)(C)CC[C@H](O)C1CCC(N)CC1. The fourth-order valence-corrected chi connectivity index (χ4v) is 3.52. The van der Waals surface area contributed by atoms with Crippen LogP contribution in [-0.4, -0.2) is 28.5 Å². The molecule has 3 heteroatoms. The fourth-order valence-electron chi connectivity index (χ4n) is 3.52. The van der Waals surface area contributed by atoms with Gasteiger partial charge in [0.05, 0.1) is 12.2 Å². The van der Waals surface area contributed by atoms with Crippen molar-refractivity contribution in [3.05, 3.63) is 0 Å². The summed E-state index contributed by atoms with van der Waals surface area (Å²) in [7, 11) is 0. The first-order valence-corrected chi connectivity index (χ1v) is 9.37. The second-order valence-electron chi connectivity index (χ2n) is 8.44. The predicted molar refractivity (Wildman–Crippen MR) is 93.7 cm³/mol. The average molecular weight is 314 g/mol. The molecule has 0 aliphatic heterocycles. The molecule has 1 aliphatic carbocycles. The zero-order valence-corrected chi connectivity index (χ0v) is 15.2. The highest BCUT2D eigenvalue weighted by Crippen LogP contribution is 2.34. The molecule has 22 heavy (non-hydrogen) atoms. The van der Waals surface area contributed by atoms with E-state index < -0.39 is 0 Å². The molecule has 0 aromatic heterocycles. The lowest BCUT2D eigenvalue weighted by atomic mass is 9.77. The molecule has 0 aromatic rings. The van der Waals surface area contributed by atoms with Gasteiger partial charge < -0.3 is 15.9 Å². The molecule has 4 N–H and O–H groups in total. The second-order valence-corrected chi connectivity index (χ2v) is 8.44. The third-order valence-corrected chi connectivity index (χ3v) is 5.90. The van der Waals surface area contributed by atoms with Gasteiger partial charge in [-0.25, -0.2) is 0 Å². The van der Waals surface area contributed by atoms with Gasteiger partial charge >= 0.3 is 0 Å². The minimum absolute atomic E-state index is 0.175. The van der Waals surface area contributed by atoms with Crippen LogP contribution in [0.3, 0.4) is 0 Å². The minimum Gasteiger partial charge on any atom is -0.393 e. The third-order valence-electron chi connectivity index (χ3n) is 5.90. The molecular weight excluding hydrogens is 274 g/mol. The Morgan fingerprint density at radius 3 is 2.14 bits per heavy atom. The highest BCUT2D eigenvalue weighted by molar-refractivity contribution is 4.81. The Bertz CT molecular complexity index is 298. The van der Waals surface area contributed by atoms with Crippen LogP contribution >= 0.6 is 0 Å². The molecule has 0 aromatic carbocycles. The maximum absolute atomic E-state index is 10.4. The number of aliphatic hydroxyl groups is 2. The van der Waals surface area contributed by atoms with E-state index in [9.17, 15) is 10.2 Å². The van der Waals surface area contributed by atoms with E-state index in [4.69, 9.17) is 5.73 Å². The van der Waals surface area contributed by atoms with Crippen molar-refractivity contribution < 1.29 is 10.2 Å². The minimum atomic E-state index is -0.186. The van der Waals surface area contributed by atoms with Gasteiger partial charge in [0.2, 0.25) is 0 Å². The summed E-state index contributed by atoms with van der Waals surface area (Å²) < 4.78 is 0. The summed E-state index contributed by atoms with van der Waals surface area (Å²) in [5.41, 5.74) is 6.13. The molecule has 0 saturated heterocycles. The maximum atomic E-state index is 10.4. The van der Waals surface area contributed by atoms with Gasteiger partial charge in [-0.15, -0.1) is 0 Å². The van der Waals surface area contributed by atoms with Crippen LogP contribution in [-0.2, 0) is 0 Å². The quantitative estimate of drug-likeness (QED) is 0.605. The van der Waals surface area contributed by atoms with Crippen LogP contribution in [0.25, 0.3) is 0 Å². The molecule has 3 nitrogen and oxygen atoms in total. The van der Waals surface area contributed by atoms with Crippen molar-refractivity contribution >= 4 is 0 Å². The Hall–Kier alpha value is -0.120. The molecule has 0 spiro atoms. The van der Waals surface area contributed by atoms with E-state index in [0.29, 0.717) is 17.9 Å². The topological polar surface area (TPSA) is 66.5 Å². The molecular formula is C19H39NO2. The summed E-state index contributed by atoms with van der Waals surface area (Å²) in [6, 6.07) is 0.349. The van der Waals surface area contributed by atoms with Crippen LogP contribution in [0, 0.1) is 17.3 Å². The first-order chi connectivity index (χ1) is 10.2. The molecule has 1 fully saturated rings. The molecule has 0 amide bonds. The summed E-state index contributed by atoms with van der Waals surface area (Å²) in [5, 5.41) is 20.6. The van der Waals surface area contributed by atoms with Crippen LogP contribution in [0.4, 0.5) is 0 Å². The van der Waals surface area contributed by atoms with Crippen molar-refractivity contribution in [1.29, 1.82) is 0 Å². The molecule has 132 valence electrons. The van der Waals surface area contributed by atoms with Crippen LogP contribution < -0.4 is 5.73 Å². The maximum Gasteiger partial charge on any atom is 0.0568 e. The lowest BCUT2D eigenvalue weighted by Gasteiger charge is -2.32. The van der Waals surface area contributed by atoms with Crippen molar-refractivity contribution in [2.24, 2.45) is 23.0 Å². The first kappa shape index (κ1) is 19.9. The molecule has 1 aliphatic rings. The monoisotopic (exact) mass is 313 g/mol. The summed E-state index contributed by atoms with van der Waals surface area (Å²) in [6.07, 6.45) is 8.77. The molecule has 0 unspecified atom stereocenters. The Kier molecular flexibility index (Phi) is 8.37. The van der Waals surface area contributed by atoms with E-state index in [1.165, 1.54) is 0 Å². The third kappa shape index (κ3) is 6.97. The van der Waals surface area contributed by atoms with Gasteiger partial charge in [-0.1, -0.05) is 34.1 Å². The van der Waals surface area contributed by atoms with Crippen molar-refractivity contribution in [3.63, 3.8) is 0 Å². The van der Waals surface area contributed by atoms with E-state index in [-0.39, 0.29) is 17.6 Å². The van der Waals surface area contributed by atoms with Gasteiger partial charge in [-0.05, 0) is 68.6 Å². The van der Waals surface area contributed by atoms with Crippen molar-refractivity contribution in [1.82, 2.24) is 0 Å². The normalized spacial score (nSPS) is 27.4. The number of hydrogen-bond acceptors (Lipinski definition) is 3. The Balaban J connectivity index is 2.29. The summed E-state index contributed by atoms with van der Waals surface area (Å²) in [6.45, 7) is 8.78. The highest BCUT2D eigenvalue weighted by Gasteiger charge is 2.27. The Morgan fingerprint density at radius 2 is 1.59 bits per heavy atom. The van der Waals surface area contributed by atoms with Gasteiger partial charge in [0.1, 0.15) is 0 Å². The average Bonchev–Trinajstić information content (AvgIpc) is 2.50. The van der Waals surface area contributed by atoms with Gasteiger partial charge in [0.15, 0.2) is 0 Å². The standard InChI is InChI=1S/C19H39NO2/c1-5-14(2)17(21)10-12-19(3,4)13-11-18(22)15-6-8-16(20)9-7-15/h14-18,21-22H,5-13,20H2,1-4H3/t14-,15?,16?,17-,18+/m1/s1. The van der Waals surface area contributed by atoms with E-state index in [2.05, 4.69) is 27.7 Å². The van der Waals surface area contributed by atoms with Crippen molar-refractivity contribution in [2.75, 3.05) is 0 Å². The number of nitrogens with two attached hydrogens (primary N) is 1. The van der Waals surface area contributed by atoms with E-state index in [1.807, 2.05) is 0 Å². The fraction of sp³-hybridized carbons (Fsp3) is 1.00. The van der Waals surface area contributed by atoms with Crippen LogP contribution in [0.2, 0.25) is 0 Å². The zero-order valence-electron chi connectivity index (χ0n) is 15.2. The Labute approximate surface area is 137 Å². The lowest BCUT2D eigenvalue weighted by Crippen LogP contribution is -2.32. The predicted octanol–water partition coefficient (Wildman–Crippen LogP) is 3.86. The van der Waals surface area contributed by atoms with Crippen LogP contribution in [0.15, 0.2) is 0 Å². The molecule has 0 radical (unpaired) electrons. The molecule has 0 bridgehead atoms. The van der Waals surface area contributed by atoms with Crippen LogP contribution in [0.1, 0.15) is 85.5 Å². The smallest absolute Gasteiger partial charge is 0.0568 e. The summed E-state index contributed by atoms with van der Waals surface area (Å²) >= 11 is 0. The van der Waals surface area contributed by atoms with Gasteiger partial charge in [0.25, 0.3) is 0 Å².